The zero-order valence-electron chi connectivity index (χ0n) is 10.3. The van der Waals surface area contributed by atoms with Crippen LogP contribution >= 0.6 is 27.3 Å². The molecule has 2 heteroatoms. The molecule has 2 fully saturated rings. The van der Waals surface area contributed by atoms with E-state index in [-0.39, 0.29) is 0 Å². The minimum Gasteiger partial charge on any atom is -0.148 e. The largest absolute Gasteiger partial charge is 0.148 e. The Morgan fingerprint density at radius 2 is 1.94 bits per heavy atom. The van der Waals surface area contributed by atoms with Crippen LogP contribution in [0, 0.1) is 17.8 Å². The molecule has 0 aromatic carbocycles. The fraction of sp³-hybridized carbons (Fsp3) is 0.733. The summed E-state index contributed by atoms with van der Waals surface area (Å²) in [5.74, 6) is 3.00. The highest BCUT2D eigenvalue weighted by Crippen LogP contribution is 2.49. The molecule has 2 aliphatic rings. The van der Waals surface area contributed by atoms with Crippen LogP contribution in [0.3, 0.4) is 0 Å². The second kappa shape index (κ2) is 5.44. The molecule has 1 heterocycles. The van der Waals surface area contributed by atoms with Crippen LogP contribution in [-0.2, 0) is 0 Å². The molecule has 4 unspecified atom stereocenters. The van der Waals surface area contributed by atoms with Crippen LogP contribution in [0.15, 0.2) is 17.5 Å². The van der Waals surface area contributed by atoms with Gasteiger partial charge in [-0.3, -0.25) is 0 Å². The molecule has 0 amide bonds. The summed E-state index contributed by atoms with van der Waals surface area (Å²) in [6, 6.07) is 4.47. The molecule has 0 aliphatic heterocycles. The highest BCUT2D eigenvalue weighted by molar-refractivity contribution is 9.09. The summed E-state index contributed by atoms with van der Waals surface area (Å²) >= 11 is 5.86. The lowest BCUT2D eigenvalue weighted by Crippen LogP contribution is -2.29. The topological polar surface area (TPSA) is 0 Å². The Bertz CT molecular complexity index is 346. The molecule has 0 saturated heterocycles. The number of thiophene rings is 1. The van der Waals surface area contributed by atoms with Gasteiger partial charge in [-0.1, -0.05) is 47.7 Å². The van der Waals surface area contributed by atoms with Crippen molar-refractivity contribution < 1.29 is 0 Å². The third-order valence-electron chi connectivity index (χ3n) is 4.81. The van der Waals surface area contributed by atoms with E-state index in [4.69, 9.17) is 0 Å². The summed E-state index contributed by atoms with van der Waals surface area (Å²) in [7, 11) is 0. The molecule has 17 heavy (non-hydrogen) atoms. The van der Waals surface area contributed by atoms with Crippen molar-refractivity contribution in [3.63, 3.8) is 0 Å². The normalized spacial score (nSPS) is 35.2. The molecule has 0 radical (unpaired) electrons. The fourth-order valence-corrected chi connectivity index (χ4v) is 5.61. The maximum Gasteiger partial charge on any atom is 0.0517 e. The van der Waals surface area contributed by atoms with Crippen molar-refractivity contribution in [3.05, 3.63) is 22.4 Å². The van der Waals surface area contributed by atoms with Crippen molar-refractivity contribution in [2.45, 2.75) is 49.8 Å². The summed E-state index contributed by atoms with van der Waals surface area (Å²) in [5.41, 5.74) is 0. The van der Waals surface area contributed by atoms with Crippen molar-refractivity contribution in [3.8, 4) is 0 Å². The van der Waals surface area contributed by atoms with E-state index in [1.807, 2.05) is 11.3 Å². The van der Waals surface area contributed by atoms with Crippen molar-refractivity contribution in [2.75, 3.05) is 0 Å². The van der Waals surface area contributed by atoms with Gasteiger partial charge in [-0.25, -0.2) is 0 Å². The van der Waals surface area contributed by atoms with Gasteiger partial charge >= 0.3 is 0 Å². The monoisotopic (exact) mass is 312 g/mol. The minimum absolute atomic E-state index is 0.616. The Hall–Kier alpha value is 0.180. The van der Waals surface area contributed by atoms with E-state index in [1.165, 1.54) is 49.8 Å². The number of hydrogen-bond acceptors (Lipinski definition) is 1. The molecule has 2 aliphatic carbocycles. The summed E-state index contributed by atoms with van der Waals surface area (Å²) in [4.78, 5) is 2.15. The van der Waals surface area contributed by atoms with Crippen LogP contribution in [0.2, 0.25) is 0 Å². The van der Waals surface area contributed by atoms with Crippen molar-refractivity contribution in [1.29, 1.82) is 0 Å². The first-order chi connectivity index (χ1) is 8.34. The van der Waals surface area contributed by atoms with Gasteiger partial charge in [-0.05, 0) is 48.5 Å². The number of halogens is 1. The average molecular weight is 313 g/mol. The molecule has 0 N–H and O–H groups in total. The van der Waals surface area contributed by atoms with E-state index in [0.717, 1.165) is 17.8 Å². The Morgan fingerprint density at radius 1 is 1.12 bits per heavy atom. The number of rotatable bonds is 2. The lowest BCUT2D eigenvalue weighted by Gasteiger charge is -2.40. The van der Waals surface area contributed by atoms with Gasteiger partial charge in [0.15, 0.2) is 0 Å². The lowest BCUT2D eigenvalue weighted by molar-refractivity contribution is 0.129. The summed E-state index contributed by atoms with van der Waals surface area (Å²) < 4.78 is 0. The minimum atomic E-state index is 0.616. The van der Waals surface area contributed by atoms with Crippen LogP contribution in [-0.4, -0.2) is 0 Å². The molecule has 94 valence electrons. The SMILES string of the molecule is BrC(c1cccs1)C1CCC2CCCCC2C1. The summed E-state index contributed by atoms with van der Waals surface area (Å²) in [6.07, 6.45) is 10.4. The molecule has 0 spiro atoms. The Balaban J connectivity index is 1.65. The number of fused-ring (bicyclic) bond motifs is 1. The average Bonchev–Trinajstić information content (AvgIpc) is 2.91. The van der Waals surface area contributed by atoms with E-state index in [9.17, 15) is 0 Å². The third-order valence-corrected chi connectivity index (χ3v) is 7.31. The van der Waals surface area contributed by atoms with Gasteiger partial charge in [0.25, 0.3) is 0 Å². The van der Waals surface area contributed by atoms with Crippen molar-refractivity contribution in [2.24, 2.45) is 17.8 Å². The first-order valence-electron chi connectivity index (χ1n) is 7.02. The Morgan fingerprint density at radius 3 is 2.71 bits per heavy atom. The van der Waals surface area contributed by atoms with Gasteiger partial charge in [-0.15, -0.1) is 11.3 Å². The maximum absolute atomic E-state index is 3.95. The first-order valence-corrected chi connectivity index (χ1v) is 8.81. The predicted octanol–water partition coefficient (Wildman–Crippen LogP) is 5.79. The van der Waals surface area contributed by atoms with Gasteiger partial charge in [0.2, 0.25) is 0 Å². The quantitative estimate of drug-likeness (QED) is 0.606. The highest BCUT2D eigenvalue weighted by Gasteiger charge is 2.35. The lowest BCUT2D eigenvalue weighted by atomic mass is 9.67. The van der Waals surface area contributed by atoms with E-state index < -0.39 is 0 Å². The second-order valence-corrected chi connectivity index (χ2v) is 7.76. The molecule has 1 aromatic rings. The van der Waals surface area contributed by atoms with Gasteiger partial charge in [0.1, 0.15) is 0 Å². The van der Waals surface area contributed by atoms with Crippen molar-refractivity contribution in [1.82, 2.24) is 0 Å². The molecule has 0 bridgehead atoms. The van der Waals surface area contributed by atoms with E-state index in [1.54, 1.807) is 0 Å². The van der Waals surface area contributed by atoms with Crippen LogP contribution in [0.5, 0.6) is 0 Å². The molecule has 2 saturated carbocycles. The molecule has 4 atom stereocenters. The van der Waals surface area contributed by atoms with Gasteiger partial charge in [0, 0.05) is 4.88 Å². The zero-order chi connectivity index (χ0) is 11.7. The van der Waals surface area contributed by atoms with Gasteiger partial charge in [-0.2, -0.15) is 0 Å². The van der Waals surface area contributed by atoms with Gasteiger partial charge in [0.05, 0.1) is 4.83 Å². The molecular weight excluding hydrogens is 292 g/mol. The molecular formula is C15H21BrS. The van der Waals surface area contributed by atoms with Crippen LogP contribution in [0.25, 0.3) is 0 Å². The number of alkyl halides is 1. The van der Waals surface area contributed by atoms with E-state index in [0.29, 0.717) is 4.83 Å². The summed E-state index contributed by atoms with van der Waals surface area (Å²) in [5, 5.41) is 2.20. The molecule has 0 nitrogen and oxygen atoms in total. The smallest absolute Gasteiger partial charge is 0.0517 e. The third kappa shape index (κ3) is 2.63. The number of hydrogen-bond donors (Lipinski definition) is 0. The second-order valence-electron chi connectivity index (χ2n) is 5.79. The standard InChI is InChI=1S/C15H21BrS/c16-15(14-6-3-9-17-14)13-8-7-11-4-1-2-5-12(11)10-13/h3,6,9,11-13,15H,1-2,4-5,7-8,10H2. The Labute approximate surface area is 117 Å². The van der Waals surface area contributed by atoms with Crippen LogP contribution < -0.4 is 0 Å². The zero-order valence-corrected chi connectivity index (χ0v) is 12.7. The van der Waals surface area contributed by atoms with E-state index in [2.05, 4.69) is 33.4 Å². The van der Waals surface area contributed by atoms with Gasteiger partial charge < -0.3 is 0 Å². The maximum atomic E-state index is 3.95. The van der Waals surface area contributed by atoms with Crippen LogP contribution in [0.1, 0.15) is 54.7 Å². The Kier molecular flexibility index (Phi) is 3.91. The van der Waals surface area contributed by atoms with E-state index >= 15 is 0 Å². The summed E-state index contributed by atoms with van der Waals surface area (Å²) in [6.45, 7) is 0. The van der Waals surface area contributed by atoms with Crippen molar-refractivity contribution >= 4 is 27.3 Å². The molecule has 1 aromatic heterocycles. The first kappa shape index (κ1) is 12.2. The molecule has 3 rings (SSSR count). The highest BCUT2D eigenvalue weighted by atomic mass is 79.9. The fourth-order valence-electron chi connectivity index (χ4n) is 3.86. The predicted molar refractivity (Wildman–Crippen MR) is 78.8 cm³/mol. The van der Waals surface area contributed by atoms with Crippen LogP contribution in [0.4, 0.5) is 0 Å².